The summed E-state index contributed by atoms with van der Waals surface area (Å²) in [6.45, 7) is 5.55. The van der Waals surface area contributed by atoms with Crippen molar-refractivity contribution in [3.8, 4) is 11.1 Å². The Balaban J connectivity index is 1.57. The second kappa shape index (κ2) is 7.53. The molecule has 0 aliphatic heterocycles. The third-order valence-electron chi connectivity index (χ3n) is 5.13. The molecule has 1 fully saturated rings. The van der Waals surface area contributed by atoms with Crippen LogP contribution >= 0.6 is 0 Å². The molecule has 0 aromatic carbocycles. The van der Waals surface area contributed by atoms with E-state index >= 15 is 0 Å². The van der Waals surface area contributed by atoms with E-state index in [4.69, 9.17) is 0 Å². The van der Waals surface area contributed by atoms with E-state index in [1.807, 2.05) is 19.1 Å². The van der Waals surface area contributed by atoms with Crippen LogP contribution < -0.4 is 5.32 Å². The minimum Gasteiger partial charge on any atom is -0.386 e. The quantitative estimate of drug-likeness (QED) is 0.595. The second-order valence-corrected chi connectivity index (χ2v) is 7.46. The Kier molecular flexibility index (Phi) is 5.03. The predicted octanol–water partition coefficient (Wildman–Crippen LogP) is 4.20. The number of rotatable bonds is 6. The smallest absolute Gasteiger partial charge is 0.260 e. The maximum absolute atomic E-state index is 13.0. The molecule has 1 aliphatic carbocycles. The van der Waals surface area contributed by atoms with Gasteiger partial charge < -0.3 is 10.4 Å². The van der Waals surface area contributed by atoms with Crippen LogP contribution in [0.3, 0.4) is 0 Å². The lowest BCUT2D eigenvalue weighted by Crippen LogP contribution is -2.18. The highest BCUT2D eigenvalue weighted by Crippen LogP contribution is 2.49. The second-order valence-electron chi connectivity index (χ2n) is 7.46. The Morgan fingerprint density at radius 2 is 2.07 bits per heavy atom. The monoisotopic (exact) mass is 410 g/mol. The number of halogens is 2. The van der Waals surface area contributed by atoms with Crippen LogP contribution in [0.25, 0.3) is 22.0 Å². The number of aliphatic hydroxyl groups excluding tert-OH is 1. The number of hydrogen-bond donors (Lipinski definition) is 2. The molecule has 0 radical (unpaired) electrons. The average molecular weight is 410 g/mol. The highest BCUT2D eigenvalue weighted by atomic mass is 19.3. The number of aliphatic hydroxyl groups is 1. The third kappa shape index (κ3) is 3.91. The summed E-state index contributed by atoms with van der Waals surface area (Å²) in [4.78, 5) is 24.7. The van der Waals surface area contributed by atoms with Gasteiger partial charge in [0, 0.05) is 47.6 Å². The Morgan fingerprint density at radius 1 is 1.30 bits per heavy atom. The van der Waals surface area contributed by atoms with E-state index in [1.54, 1.807) is 24.5 Å². The van der Waals surface area contributed by atoms with Crippen molar-refractivity contribution in [2.75, 3.05) is 5.32 Å². The normalized spacial score (nSPS) is 18.1. The van der Waals surface area contributed by atoms with E-state index in [9.17, 15) is 18.7 Å². The summed E-state index contributed by atoms with van der Waals surface area (Å²) in [5.41, 5.74) is 3.79. The molecule has 2 N–H and O–H groups in total. The number of pyridine rings is 3. The fourth-order valence-corrected chi connectivity index (χ4v) is 3.29. The van der Waals surface area contributed by atoms with Gasteiger partial charge >= 0.3 is 0 Å². The van der Waals surface area contributed by atoms with E-state index in [-0.39, 0.29) is 5.82 Å². The Morgan fingerprint density at radius 3 is 2.73 bits per heavy atom. The van der Waals surface area contributed by atoms with Gasteiger partial charge in [0.2, 0.25) is 5.91 Å². The highest BCUT2D eigenvalue weighted by molar-refractivity contribution is 5.96. The van der Waals surface area contributed by atoms with E-state index in [2.05, 4.69) is 26.8 Å². The van der Waals surface area contributed by atoms with Gasteiger partial charge in [-0.2, -0.15) is 0 Å². The minimum absolute atomic E-state index is 0.189. The van der Waals surface area contributed by atoms with Crippen LogP contribution in [0.2, 0.25) is 0 Å². The first-order valence-electron chi connectivity index (χ1n) is 9.49. The molecule has 0 unspecified atom stereocenters. The molecule has 1 aliphatic rings. The Labute approximate surface area is 171 Å². The van der Waals surface area contributed by atoms with Crippen molar-refractivity contribution < 1.29 is 18.7 Å². The summed E-state index contributed by atoms with van der Waals surface area (Å²) in [5.74, 6) is -4.75. The highest BCUT2D eigenvalue weighted by Gasteiger charge is 2.61. The molecule has 30 heavy (non-hydrogen) atoms. The number of carbonyl (C=O) groups excluding carboxylic acids is 1. The zero-order valence-corrected chi connectivity index (χ0v) is 16.3. The molecule has 1 amide bonds. The van der Waals surface area contributed by atoms with Gasteiger partial charge in [-0.05, 0) is 31.0 Å². The summed E-state index contributed by atoms with van der Waals surface area (Å²) in [7, 11) is 0. The minimum atomic E-state index is -2.92. The summed E-state index contributed by atoms with van der Waals surface area (Å²) in [6.07, 6.45) is 5.85. The fraction of sp³-hybridized carbons (Fsp3) is 0.273. The number of aromatic nitrogens is 3. The summed E-state index contributed by atoms with van der Waals surface area (Å²) < 4.78 is 26.1. The maximum atomic E-state index is 13.0. The fourth-order valence-electron chi connectivity index (χ4n) is 3.29. The van der Waals surface area contributed by atoms with Crippen LogP contribution in [0.15, 0.2) is 49.4 Å². The molecule has 0 saturated heterocycles. The van der Waals surface area contributed by atoms with Crippen molar-refractivity contribution in [2.45, 2.75) is 31.8 Å². The molecular formula is C22H20F2N4O2. The van der Waals surface area contributed by atoms with Crippen molar-refractivity contribution in [3.63, 3.8) is 0 Å². The topological polar surface area (TPSA) is 88.0 Å². The van der Waals surface area contributed by atoms with Gasteiger partial charge in [-0.1, -0.05) is 6.08 Å². The van der Waals surface area contributed by atoms with Crippen LogP contribution in [-0.2, 0) is 4.79 Å². The number of alkyl halides is 2. The van der Waals surface area contributed by atoms with Crippen molar-refractivity contribution in [2.24, 2.45) is 5.92 Å². The summed E-state index contributed by atoms with van der Waals surface area (Å²) in [5, 5.41) is 13.2. The largest absolute Gasteiger partial charge is 0.386 e. The molecule has 3 aromatic rings. The standard InChI is InChI=1S/C22H20F2N4O2/c1-3-4-19(29)18-5-12(2)15(11-26-18)13-6-14-10-27-20(7-17(14)25-9-13)28-21(30)16-8-22(16,23)24/h3,5-7,9-11,16,19,29H,1,4,8H2,2H3,(H,27,28,30)/t16-,19-/m1/s1. The first-order chi connectivity index (χ1) is 14.3. The van der Waals surface area contributed by atoms with Crippen molar-refractivity contribution in [1.29, 1.82) is 0 Å². The summed E-state index contributed by atoms with van der Waals surface area (Å²) >= 11 is 0. The zero-order chi connectivity index (χ0) is 21.5. The molecule has 3 aromatic heterocycles. The maximum Gasteiger partial charge on any atom is 0.260 e. The van der Waals surface area contributed by atoms with E-state index < -0.39 is 30.3 Å². The van der Waals surface area contributed by atoms with Gasteiger partial charge in [0.1, 0.15) is 11.7 Å². The van der Waals surface area contributed by atoms with Gasteiger partial charge in [0.25, 0.3) is 5.92 Å². The lowest BCUT2D eigenvalue weighted by molar-refractivity contribution is -0.119. The van der Waals surface area contributed by atoms with Crippen LogP contribution in [0.1, 0.15) is 30.2 Å². The molecule has 8 heteroatoms. The molecule has 154 valence electrons. The van der Waals surface area contributed by atoms with Crippen molar-refractivity contribution >= 4 is 22.6 Å². The molecule has 4 rings (SSSR count). The van der Waals surface area contributed by atoms with Crippen LogP contribution in [0.4, 0.5) is 14.6 Å². The van der Waals surface area contributed by atoms with Gasteiger partial charge in [-0.25, -0.2) is 13.8 Å². The predicted molar refractivity (Wildman–Crippen MR) is 109 cm³/mol. The first kappa shape index (κ1) is 20.0. The Hall–Kier alpha value is -3.26. The van der Waals surface area contributed by atoms with Crippen molar-refractivity contribution in [3.05, 3.63) is 60.7 Å². The number of amides is 1. The molecule has 3 heterocycles. The molecule has 2 atom stereocenters. The molecule has 6 nitrogen and oxygen atoms in total. The van der Waals surface area contributed by atoms with E-state index in [0.717, 1.165) is 22.1 Å². The van der Waals surface area contributed by atoms with Crippen molar-refractivity contribution in [1.82, 2.24) is 15.0 Å². The van der Waals surface area contributed by atoms with Gasteiger partial charge in [-0.15, -0.1) is 6.58 Å². The SMILES string of the molecule is C=CC[C@@H](O)c1cc(C)c(-c2cnc3cc(NC(=O)[C@H]4CC4(F)F)ncc3c2)cn1. The van der Waals surface area contributed by atoms with E-state index in [1.165, 1.54) is 6.20 Å². The number of aryl methyl sites for hydroxylation is 1. The molecular weight excluding hydrogens is 390 g/mol. The van der Waals surface area contributed by atoms with Crippen LogP contribution in [-0.4, -0.2) is 31.9 Å². The van der Waals surface area contributed by atoms with Gasteiger partial charge in [0.15, 0.2) is 0 Å². The lowest BCUT2D eigenvalue weighted by atomic mass is 10.0. The number of hydrogen-bond acceptors (Lipinski definition) is 5. The average Bonchev–Trinajstić information content (AvgIpc) is 3.36. The molecule has 0 spiro atoms. The van der Waals surface area contributed by atoms with Crippen LogP contribution in [0.5, 0.6) is 0 Å². The number of nitrogens with one attached hydrogen (secondary N) is 1. The van der Waals surface area contributed by atoms with Gasteiger partial charge in [-0.3, -0.25) is 14.8 Å². The number of carbonyl (C=O) groups is 1. The number of anilines is 1. The summed E-state index contributed by atoms with van der Waals surface area (Å²) in [6, 6.07) is 5.27. The Bertz CT molecular complexity index is 1150. The molecule has 1 saturated carbocycles. The third-order valence-corrected chi connectivity index (χ3v) is 5.13. The lowest BCUT2D eigenvalue weighted by Gasteiger charge is -2.12. The number of nitrogens with zero attached hydrogens (tertiary/aromatic N) is 3. The zero-order valence-electron chi connectivity index (χ0n) is 16.3. The molecule has 0 bridgehead atoms. The first-order valence-corrected chi connectivity index (χ1v) is 9.49. The van der Waals surface area contributed by atoms with Gasteiger partial charge in [0.05, 0.1) is 17.3 Å². The number of fused-ring (bicyclic) bond motifs is 1. The van der Waals surface area contributed by atoms with E-state index in [0.29, 0.717) is 17.6 Å². The van der Waals surface area contributed by atoms with Crippen LogP contribution in [0, 0.1) is 12.8 Å².